The molecule has 2 nitrogen and oxygen atoms in total. The van der Waals surface area contributed by atoms with Crippen LogP contribution in [0, 0.1) is 11.8 Å². The third kappa shape index (κ3) is 3.51. The third-order valence-electron chi connectivity index (χ3n) is 2.86. The van der Waals surface area contributed by atoms with E-state index < -0.39 is 0 Å². The van der Waals surface area contributed by atoms with Crippen molar-refractivity contribution >= 4 is 5.78 Å². The molecular weight excluding hydrogens is 174 g/mol. The summed E-state index contributed by atoms with van der Waals surface area (Å²) in [4.78, 5) is 11.5. The molecule has 0 saturated heterocycles. The number of nitrogens with two attached hydrogens (primary N) is 1. The van der Waals surface area contributed by atoms with Gasteiger partial charge in [0.25, 0.3) is 0 Å². The van der Waals surface area contributed by atoms with E-state index in [0.717, 1.165) is 12.8 Å². The molecule has 2 heteroatoms. The molecule has 0 heterocycles. The van der Waals surface area contributed by atoms with Crippen molar-refractivity contribution in [3.05, 3.63) is 0 Å². The van der Waals surface area contributed by atoms with E-state index in [-0.39, 0.29) is 11.3 Å². The Bertz CT molecular complexity index is 253. The first-order valence-electron chi connectivity index (χ1n) is 5.36. The third-order valence-corrected chi connectivity index (χ3v) is 2.86. The van der Waals surface area contributed by atoms with E-state index in [2.05, 4.69) is 11.8 Å². The van der Waals surface area contributed by atoms with Crippen LogP contribution in [0.4, 0.5) is 0 Å². The summed E-state index contributed by atoms with van der Waals surface area (Å²) >= 11 is 0. The molecule has 0 aromatic heterocycles. The minimum absolute atomic E-state index is 0.198. The lowest BCUT2D eigenvalue weighted by Crippen LogP contribution is -2.43. The van der Waals surface area contributed by atoms with Gasteiger partial charge in [0, 0.05) is 12.0 Å². The van der Waals surface area contributed by atoms with Gasteiger partial charge in [-0.1, -0.05) is 25.2 Å². The maximum absolute atomic E-state index is 11.5. The number of ketones is 1. The maximum atomic E-state index is 11.5. The summed E-state index contributed by atoms with van der Waals surface area (Å²) in [5.74, 6) is 5.73. The zero-order valence-corrected chi connectivity index (χ0v) is 8.94. The van der Waals surface area contributed by atoms with Crippen LogP contribution in [0.25, 0.3) is 0 Å². The van der Waals surface area contributed by atoms with Gasteiger partial charge in [-0.15, -0.1) is 5.92 Å². The van der Waals surface area contributed by atoms with E-state index in [1.165, 1.54) is 19.3 Å². The van der Waals surface area contributed by atoms with Crippen molar-refractivity contribution < 1.29 is 4.79 Å². The highest BCUT2D eigenvalue weighted by Crippen LogP contribution is 2.28. The Balaban J connectivity index is 2.39. The van der Waals surface area contributed by atoms with Crippen LogP contribution in [-0.4, -0.2) is 11.3 Å². The SMILES string of the molecule is CC#CCC(=O)CC1(N)CCCCC1. The Hall–Kier alpha value is -0.810. The number of hydrogen-bond acceptors (Lipinski definition) is 2. The Morgan fingerprint density at radius 2 is 2.00 bits per heavy atom. The predicted octanol–water partition coefficient (Wildman–Crippen LogP) is 2.02. The minimum Gasteiger partial charge on any atom is -0.325 e. The Labute approximate surface area is 86.2 Å². The molecule has 0 radical (unpaired) electrons. The molecule has 0 aromatic rings. The van der Waals surface area contributed by atoms with Crippen LogP contribution in [0.1, 0.15) is 51.9 Å². The summed E-state index contributed by atoms with van der Waals surface area (Å²) in [6.45, 7) is 1.76. The predicted molar refractivity (Wildman–Crippen MR) is 57.7 cm³/mol. The first-order valence-corrected chi connectivity index (χ1v) is 5.36. The molecule has 0 atom stereocenters. The highest BCUT2D eigenvalue weighted by molar-refractivity contribution is 5.81. The normalized spacial score (nSPS) is 19.6. The van der Waals surface area contributed by atoms with Gasteiger partial charge in [0.15, 0.2) is 0 Å². The maximum Gasteiger partial charge on any atom is 0.146 e. The molecule has 78 valence electrons. The Kier molecular flexibility index (Phi) is 4.16. The van der Waals surface area contributed by atoms with Gasteiger partial charge in [-0.3, -0.25) is 4.79 Å². The lowest BCUT2D eigenvalue weighted by molar-refractivity contribution is -0.119. The first-order chi connectivity index (χ1) is 6.66. The molecule has 1 fully saturated rings. The standard InChI is InChI=1S/C12H19NO/c1-2-3-7-11(14)10-12(13)8-5-4-6-9-12/h4-10,13H2,1H3. The Morgan fingerprint density at radius 3 is 2.57 bits per heavy atom. The fraction of sp³-hybridized carbons (Fsp3) is 0.750. The summed E-state index contributed by atoms with van der Waals surface area (Å²) in [6.07, 6.45) is 6.49. The quantitative estimate of drug-likeness (QED) is 0.697. The number of rotatable bonds is 3. The smallest absolute Gasteiger partial charge is 0.146 e. The molecule has 1 rings (SSSR count). The fourth-order valence-corrected chi connectivity index (χ4v) is 2.07. The fourth-order valence-electron chi connectivity index (χ4n) is 2.07. The second kappa shape index (κ2) is 5.17. The average molecular weight is 193 g/mol. The molecule has 0 bridgehead atoms. The van der Waals surface area contributed by atoms with Crippen LogP contribution < -0.4 is 5.73 Å². The molecule has 0 spiro atoms. The van der Waals surface area contributed by atoms with Crippen LogP contribution >= 0.6 is 0 Å². The number of Topliss-reactive ketones (excluding diaryl/α,β-unsaturated/α-hetero) is 1. The molecule has 0 aliphatic heterocycles. The molecule has 1 aliphatic carbocycles. The van der Waals surface area contributed by atoms with Crippen LogP contribution in [-0.2, 0) is 4.79 Å². The topological polar surface area (TPSA) is 43.1 Å². The van der Waals surface area contributed by atoms with E-state index in [4.69, 9.17) is 5.73 Å². The molecule has 0 amide bonds. The molecule has 0 unspecified atom stereocenters. The van der Waals surface area contributed by atoms with Gasteiger partial charge in [-0.05, 0) is 19.8 Å². The van der Waals surface area contributed by atoms with Gasteiger partial charge >= 0.3 is 0 Å². The number of carbonyl (C=O) groups excluding carboxylic acids is 1. The van der Waals surface area contributed by atoms with E-state index in [9.17, 15) is 4.79 Å². The van der Waals surface area contributed by atoms with Crippen molar-refractivity contribution in [3.8, 4) is 11.8 Å². The van der Waals surface area contributed by atoms with Crippen molar-refractivity contribution in [3.63, 3.8) is 0 Å². The summed E-state index contributed by atoms with van der Waals surface area (Å²) < 4.78 is 0. The van der Waals surface area contributed by atoms with E-state index in [0.29, 0.717) is 12.8 Å². The largest absolute Gasteiger partial charge is 0.325 e. The molecule has 0 aromatic carbocycles. The van der Waals surface area contributed by atoms with Gasteiger partial charge in [-0.25, -0.2) is 0 Å². The highest BCUT2D eigenvalue weighted by Gasteiger charge is 2.29. The molecule has 1 saturated carbocycles. The van der Waals surface area contributed by atoms with Crippen molar-refractivity contribution in [2.75, 3.05) is 0 Å². The first kappa shape index (κ1) is 11.3. The zero-order valence-electron chi connectivity index (χ0n) is 8.94. The van der Waals surface area contributed by atoms with Crippen molar-refractivity contribution in [1.82, 2.24) is 0 Å². The van der Waals surface area contributed by atoms with Gasteiger partial charge in [0.05, 0.1) is 6.42 Å². The second-order valence-corrected chi connectivity index (χ2v) is 4.24. The van der Waals surface area contributed by atoms with Crippen molar-refractivity contribution in [2.45, 2.75) is 57.4 Å². The lowest BCUT2D eigenvalue weighted by atomic mass is 9.79. The summed E-state index contributed by atoms with van der Waals surface area (Å²) in [5.41, 5.74) is 5.95. The van der Waals surface area contributed by atoms with Crippen LogP contribution in [0.15, 0.2) is 0 Å². The van der Waals surface area contributed by atoms with Gasteiger partial charge in [0.2, 0.25) is 0 Å². The summed E-state index contributed by atoms with van der Waals surface area (Å²) in [5, 5.41) is 0. The summed E-state index contributed by atoms with van der Waals surface area (Å²) in [7, 11) is 0. The van der Waals surface area contributed by atoms with E-state index >= 15 is 0 Å². The van der Waals surface area contributed by atoms with Crippen molar-refractivity contribution in [1.29, 1.82) is 0 Å². The van der Waals surface area contributed by atoms with Crippen LogP contribution in [0.2, 0.25) is 0 Å². The van der Waals surface area contributed by atoms with Gasteiger partial charge < -0.3 is 5.73 Å². The molecule has 14 heavy (non-hydrogen) atoms. The number of hydrogen-bond donors (Lipinski definition) is 1. The lowest BCUT2D eigenvalue weighted by Gasteiger charge is -2.32. The minimum atomic E-state index is -0.218. The molecular formula is C12H19NO. The Morgan fingerprint density at radius 1 is 1.36 bits per heavy atom. The molecule has 1 aliphatic rings. The van der Waals surface area contributed by atoms with Gasteiger partial charge in [0.1, 0.15) is 5.78 Å². The average Bonchev–Trinajstić information content (AvgIpc) is 2.15. The van der Waals surface area contributed by atoms with Crippen LogP contribution in [0.3, 0.4) is 0 Å². The van der Waals surface area contributed by atoms with Gasteiger partial charge in [-0.2, -0.15) is 0 Å². The zero-order chi connectivity index (χ0) is 10.4. The number of carbonyl (C=O) groups is 1. The highest BCUT2D eigenvalue weighted by atomic mass is 16.1. The molecule has 2 N–H and O–H groups in total. The second-order valence-electron chi connectivity index (χ2n) is 4.24. The summed E-state index contributed by atoms with van der Waals surface area (Å²) in [6, 6.07) is 0. The van der Waals surface area contributed by atoms with Crippen LogP contribution in [0.5, 0.6) is 0 Å². The van der Waals surface area contributed by atoms with E-state index in [1.807, 2.05) is 0 Å². The monoisotopic (exact) mass is 193 g/mol. The van der Waals surface area contributed by atoms with Crippen molar-refractivity contribution in [2.24, 2.45) is 5.73 Å². The van der Waals surface area contributed by atoms with E-state index in [1.54, 1.807) is 6.92 Å².